The molecule has 0 bridgehead atoms. The maximum atomic E-state index is 10.6. The summed E-state index contributed by atoms with van der Waals surface area (Å²) in [6, 6.07) is 16.9. The van der Waals surface area contributed by atoms with E-state index in [-0.39, 0.29) is 0 Å². The van der Waals surface area contributed by atoms with E-state index in [1.165, 1.54) is 0 Å². The Morgan fingerprint density at radius 2 is 0.900 bits per heavy atom. The summed E-state index contributed by atoms with van der Waals surface area (Å²) in [7, 11) is 0. The number of hydrogen-bond donors (Lipinski definition) is 0. The third-order valence-corrected chi connectivity index (χ3v) is 2.33. The van der Waals surface area contributed by atoms with Gasteiger partial charge in [-0.2, -0.15) is 0 Å². The Hall–Kier alpha value is -2.88. The molecule has 0 aliphatic carbocycles. The van der Waals surface area contributed by atoms with Crippen molar-refractivity contribution in [1.29, 1.82) is 0 Å². The van der Waals surface area contributed by atoms with Crippen molar-refractivity contribution >= 4 is 24.1 Å². The SMILES string of the molecule is O=CC(=O)c1ccccc1.O=CC(=O)c1ccccc1. The van der Waals surface area contributed by atoms with Gasteiger partial charge >= 0.3 is 0 Å². The molecule has 0 atom stereocenters. The van der Waals surface area contributed by atoms with Gasteiger partial charge < -0.3 is 0 Å². The van der Waals surface area contributed by atoms with E-state index in [0.717, 1.165) is 0 Å². The fourth-order valence-electron chi connectivity index (χ4n) is 1.34. The van der Waals surface area contributed by atoms with E-state index < -0.39 is 11.6 Å². The summed E-state index contributed by atoms with van der Waals surface area (Å²) in [4.78, 5) is 41.2. The number of rotatable bonds is 4. The van der Waals surface area contributed by atoms with Crippen molar-refractivity contribution in [2.24, 2.45) is 0 Å². The van der Waals surface area contributed by atoms with E-state index in [4.69, 9.17) is 0 Å². The summed E-state index contributed by atoms with van der Waals surface area (Å²) in [5, 5.41) is 0. The molecule has 20 heavy (non-hydrogen) atoms. The zero-order valence-electron chi connectivity index (χ0n) is 10.6. The quantitative estimate of drug-likeness (QED) is 0.484. The molecule has 2 aromatic carbocycles. The smallest absolute Gasteiger partial charge is 0.225 e. The minimum Gasteiger partial charge on any atom is -0.294 e. The van der Waals surface area contributed by atoms with Gasteiger partial charge in [-0.1, -0.05) is 60.7 Å². The zero-order valence-corrected chi connectivity index (χ0v) is 10.6. The molecule has 100 valence electrons. The molecule has 2 aromatic rings. The summed E-state index contributed by atoms with van der Waals surface area (Å²) in [6.45, 7) is 0. The van der Waals surface area contributed by atoms with E-state index in [1.54, 1.807) is 60.7 Å². The molecule has 0 unspecified atom stereocenters. The van der Waals surface area contributed by atoms with Gasteiger partial charge in [-0.3, -0.25) is 19.2 Å². The lowest BCUT2D eigenvalue weighted by Crippen LogP contribution is -1.97. The van der Waals surface area contributed by atoms with Crippen molar-refractivity contribution < 1.29 is 19.2 Å². The lowest BCUT2D eigenvalue weighted by atomic mass is 10.1. The minimum atomic E-state index is -0.472. The summed E-state index contributed by atoms with van der Waals surface area (Å²) >= 11 is 0. The van der Waals surface area contributed by atoms with Gasteiger partial charge in [0.1, 0.15) is 0 Å². The third-order valence-electron chi connectivity index (χ3n) is 2.33. The van der Waals surface area contributed by atoms with Crippen LogP contribution < -0.4 is 0 Å². The fraction of sp³-hybridized carbons (Fsp3) is 0. The van der Waals surface area contributed by atoms with Crippen LogP contribution in [-0.2, 0) is 9.59 Å². The predicted octanol–water partition coefficient (Wildman–Crippen LogP) is 2.14. The third kappa shape index (κ3) is 4.78. The average Bonchev–Trinajstić information content (AvgIpc) is 2.55. The molecule has 0 saturated heterocycles. The Morgan fingerprint density at radius 3 is 1.15 bits per heavy atom. The first-order chi connectivity index (χ1) is 9.69. The highest BCUT2D eigenvalue weighted by Crippen LogP contribution is 1.97. The molecule has 4 heteroatoms. The van der Waals surface area contributed by atoms with Crippen LogP contribution in [0.15, 0.2) is 60.7 Å². The van der Waals surface area contributed by atoms with Crippen LogP contribution in [0.5, 0.6) is 0 Å². The average molecular weight is 268 g/mol. The van der Waals surface area contributed by atoms with Gasteiger partial charge in [-0.25, -0.2) is 0 Å². The normalized spacial score (nSPS) is 8.80. The lowest BCUT2D eigenvalue weighted by Gasteiger charge is -1.88. The highest BCUT2D eigenvalue weighted by molar-refractivity contribution is 6.33. The van der Waals surface area contributed by atoms with Crippen LogP contribution in [0.3, 0.4) is 0 Å². The summed E-state index contributed by atoms with van der Waals surface area (Å²) in [5.74, 6) is -0.943. The molecule has 0 aliphatic heterocycles. The molecule has 0 spiro atoms. The Bertz CT molecular complexity index is 533. The predicted molar refractivity (Wildman–Crippen MR) is 73.7 cm³/mol. The molecule has 0 amide bonds. The molecule has 0 heterocycles. The van der Waals surface area contributed by atoms with Crippen LogP contribution >= 0.6 is 0 Å². The summed E-state index contributed by atoms with van der Waals surface area (Å²) in [6.07, 6.45) is 0.630. The van der Waals surface area contributed by atoms with Crippen molar-refractivity contribution in [3.63, 3.8) is 0 Å². The molecule has 0 aliphatic rings. The van der Waals surface area contributed by atoms with Crippen molar-refractivity contribution in [1.82, 2.24) is 0 Å². The number of Topliss-reactive ketones (excluding diaryl/α,β-unsaturated/α-hetero) is 2. The first-order valence-corrected chi connectivity index (χ1v) is 5.78. The summed E-state index contributed by atoms with van der Waals surface area (Å²) in [5.41, 5.74) is 0.884. The molecule has 2 rings (SSSR count). The van der Waals surface area contributed by atoms with Gasteiger partial charge in [0.2, 0.25) is 11.6 Å². The number of carbonyl (C=O) groups excluding carboxylic acids is 4. The second kappa shape index (κ2) is 8.26. The minimum absolute atomic E-state index is 0.315. The molecule has 0 N–H and O–H groups in total. The molecular weight excluding hydrogens is 256 g/mol. The van der Waals surface area contributed by atoms with Crippen LogP contribution in [0.4, 0.5) is 0 Å². The van der Waals surface area contributed by atoms with Crippen molar-refractivity contribution in [3.05, 3.63) is 71.8 Å². The first-order valence-electron chi connectivity index (χ1n) is 5.78. The highest BCUT2D eigenvalue weighted by atomic mass is 16.2. The van der Waals surface area contributed by atoms with E-state index >= 15 is 0 Å². The van der Waals surface area contributed by atoms with Crippen molar-refractivity contribution in [3.8, 4) is 0 Å². The van der Waals surface area contributed by atoms with Crippen LogP contribution in [0.25, 0.3) is 0 Å². The number of carbonyl (C=O) groups is 4. The van der Waals surface area contributed by atoms with E-state index in [9.17, 15) is 19.2 Å². The second-order valence-electron chi connectivity index (χ2n) is 3.70. The van der Waals surface area contributed by atoms with Gasteiger partial charge in [0.05, 0.1) is 0 Å². The molecule has 4 nitrogen and oxygen atoms in total. The number of aldehydes is 2. The van der Waals surface area contributed by atoms with Gasteiger partial charge in [0.25, 0.3) is 0 Å². The van der Waals surface area contributed by atoms with Gasteiger partial charge in [0.15, 0.2) is 12.6 Å². The maximum Gasteiger partial charge on any atom is 0.225 e. The zero-order chi connectivity index (χ0) is 14.8. The number of benzene rings is 2. The van der Waals surface area contributed by atoms with Crippen molar-refractivity contribution in [2.75, 3.05) is 0 Å². The maximum absolute atomic E-state index is 10.6. The summed E-state index contributed by atoms with van der Waals surface area (Å²) < 4.78 is 0. The fourth-order valence-corrected chi connectivity index (χ4v) is 1.34. The van der Waals surface area contributed by atoms with Crippen LogP contribution in [0.1, 0.15) is 20.7 Å². The Kier molecular flexibility index (Phi) is 6.27. The van der Waals surface area contributed by atoms with Gasteiger partial charge in [0, 0.05) is 11.1 Å². The molecule has 0 aromatic heterocycles. The molecule has 0 radical (unpaired) electrons. The van der Waals surface area contributed by atoms with Gasteiger partial charge in [-0.15, -0.1) is 0 Å². The van der Waals surface area contributed by atoms with Crippen molar-refractivity contribution in [2.45, 2.75) is 0 Å². The highest BCUT2D eigenvalue weighted by Gasteiger charge is 2.00. The van der Waals surface area contributed by atoms with E-state index in [1.807, 2.05) is 0 Å². The van der Waals surface area contributed by atoms with E-state index in [0.29, 0.717) is 23.7 Å². The Morgan fingerprint density at radius 1 is 0.600 bits per heavy atom. The van der Waals surface area contributed by atoms with Gasteiger partial charge in [-0.05, 0) is 0 Å². The number of ketones is 2. The topological polar surface area (TPSA) is 68.3 Å². The molecular formula is C16H12O4. The lowest BCUT2D eigenvalue weighted by molar-refractivity contribution is -0.105. The Balaban J connectivity index is 0.000000200. The number of hydrogen-bond acceptors (Lipinski definition) is 4. The van der Waals surface area contributed by atoms with E-state index in [2.05, 4.69) is 0 Å². The first kappa shape index (κ1) is 15.2. The van der Waals surface area contributed by atoms with Crippen LogP contribution in [0, 0.1) is 0 Å². The van der Waals surface area contributed by atoms with Crippen LogP contribution in [0.2, 0.25) is 0 Å². The monoisotopic (exact) mass is 268 g/mol. The largest absolute Gasteiger partial charge is 0.294 e. The van der Waals surface area contributed by atoms with Crippen LogP contribution in [-0.4, -0.2) is 24.1 Å². The standard InChI is InChI=1S/2C8H6O2/c2*9-6-8(10)7-4-2-1-3-5-7/h2*1-6H. The molecule has 0 fully saturated rings. The molecule has 0 saturated carbocycles. The second-order valence-corrected chi connectivity index (χ2v) is 3.70. The Labute approximate surface area is 116 Å².